The maximum atomic E-state index is 2.22. The molecular formula is C11H10S. The molecule has 0 N–H and O–H groups in total. The summed E-state index contributed by atoms with van der Waals surface area (Å²) in [6, 6.07) is 12.7. The topological polar surface area (TPSA) is 0 Å². The lowest BCUT2D eigenvalue weighted by molar-refractivity contribution is 1.55. The minimum atomic E-state index is 1.32. The molecule has 0 aliphatic carbocycles. The molecule has 0 saturated heterocycles. The molecule has 0 saturated carbocycles. The molecule has 2 aromatic rings. The van der Waals surface area contributed by atoms with Crippen molar-refractivity contribution >= 4 is 11.3 Å². The number of aryl methyl sites for hydroxylation is 1. The first-order valence-corrected chi connectivity index (χ1v) is 4.85. The molecule has 0 unspecified atom stereocenters. The van der Waals surface area contributed by atoms with Gasteiger partial charge in [0, 0.05) is 4.88 Å². The molecule has 0 nitrogen and oxygen atoms in total. The van der Waals surface area contributed by atoms with Crippen molar-refractivity contribution in [3.63, 3.8) is 0 Å². The van der Waals surface area contributed by atoms with E-state index in [0.29, 0.717) is 0 Å². The lowest BCUT2D eigenvalue weighted by Crippen LogP contribution is -1.68. The first kappa shape index (κ1) is 7.56. The molecule has 0 spiro atoms. The average molecular weight is 174 g/mol. The van der Waals surface area contributed by atoms with Crippen LogP contribution in [0.3, 0.4) is 0 Å². The van der Waals surface area contributed by atoms with Crippen LogP contribution in [-0.4, -0.2) is 0 Å². The molecular weight excluding hydrogens is 164 g/mol. The molecule has 1 aromatic heterocycles. The van der Waals surface area contributed by atoms with Crippen LogP contribution < -0.4 is 0 Å². The van der Waals surface area contributed by atoms with Gasteiger partial charge in [-0.2, -0.15) is 0 Å². The monoisotopic (exact) mass is 174 g/mol. The van der Waals surface area contributed by atoms with Crippen molar-refractivity contribution in [3.8, 4) is 10.4 Å². The summed E-state index contributed by atoms with van der Waals surface area (Å²) >= 11 is 1.80. The second kappa shape index (κ2) is 3.11. The molecule has 0 atom stereocenters. The van der Waals surface area contributed by atoms with Gasteiger partial charge in [0.1, 0.15) is 0 Å². The van der Waals surface area contributed by atoms with E-state index in [0.717, 1.165) is 0 Å². The third-order valence-corrected chi connectivity index (χ3v) is 2.89. The van der Waals surface area contributed by atoms with Gasteiger partial charge >= 0.3 is 0 Å². The van der Waals surface area contributed by atoms with Gasteiger partial charge in [0.2, 0.25) is 0 Å². The largest absolute Gasteiger partial charge is 0.144 e. The minimum absolute atomic E-state index is 1.32. The zero-order valence-corrected chi connectivity index (χ0v) is 7.77. The van der Waals surface area contributed by atoms with Crippen molar-refractivity contribution in [3.05, 3.63) is 47.3 Å². The third kappa shape index (κ3) is 1.41. The first-order valence-electron chi connectivity index (χ1n) is 3.97. The van der Waals surface area contributed by atoms with E-state index in [2.05, 4.69) is 42.6 Å². The van der Waals surface area contributed by atoms with Crippen molar-refractivity contribution in [1.29, 1.82) is 0 Å². The van der Waals surface area contributed by atoms with Crippen molar-refractivity contribution in [2.45, 2.75) is 6.92 Å². The maximum Gasteiger partial charge on any atom is 0.0345 e. The van der Waals surface area contributed by atoms with Crippen LogP contribution in [0.5, 0.6) is 0 Å². The van der Waals surface area contributed by atoms with E-state index in [9.17, 15) is 0 Å². The highest BCUT2D eigenvalue weighted by Gasteiger charge is 1.97. The predicted molar refractivity (Wildman–Crippen MR) is 54.5 cm³/mol. The Balaban J connectivity index is 2.45. The van der Waals surface area contributed by atoms with Gasteiger partial charge in [0.05, 0.1) is 0 Å². The molecule has 1 aromatic carbocycles. The first-order chi connectivity index (χ1) is 5.86. The van der Waals surface area contributed by atoms with Gasteiger partial charge < -0.3 is 0 Å². The van der Waals surface area contributed by atoms with Gasteiger partial charge in [-0.05, 0) is 29.5 Å². The zero-order valence-electron chi connectivity index (χ0n) is 6.95. The van der Waals surface area contributed by atoms with Gasteiger partial charge in [-0.25, -0.2) is 0 Å². The van der Waals surface area contributed by atoms with E-state index >= 15 is 0 Å². The molecule has 0 aliphatic heterocycles. The summed E-state index contributed by atoms with van der Waals surface area (Å²) < 4.78 is 0. The second-order valence-corrected chi connectivity index (χ2v) is 3.77. The van der Waals surface area contributed by atoms with Crippen molar-refractivity contribution in [1.82, 2.24) is 0 Å². The van der Waals surface area contributed by atoms with Crippen LogP contribution in [0, 0.1) is 6.92 Å². The Morgan fingerprint density at radius 2 is 1.83 bits per heavy atom. The number of benzene rings is 1. The molecule has 0 aliphatic rings. The van der Waals surface area contributed by atoms with E-state index in [-0.39, 0.29) is 0 Å². The second-order valence-electron chi connectivity index (χ2n) is 2.85. The number of hydrogen-bond acceptors (Lipinski definition) is 1. The Morgan fingerprint density at radius 3 is 2.42 bits per heavy atom. The molecule has 0 radical (unpaired) electrons. The highest BCUT2D eigenvalue weighted by atomic mass is 32.1. The standard InChI is InChI=1S/C11H10S/c1-9-7-11(12-8-9)10-5-3-2-4-6-10/h2-8H,1H3. The summed E-state index contributed by atoms with van der Waals surface area (Å²) in [7, 11) is 0. The fraction of sp³-hybridized carbons (Fsp3) is 0.0909. The van der Waals surface area contributed by atoms with Crippen LogP contribution in [-0.2, 0) is 0 Å². The maximum absolute atomic E-state index is 2.22. The van der Waals surface area contributed by atoms with Crippen LogP contribution in [0.25, 0.3) is 10.4 Å². The Kier molecular flexibility index (Phi) is 1.96. The van der Waals surface area contributed by atoms with Gasteiger partial charge in [-0.3, -0.25) is 0 Å². The van der Waals surface area contributed by atoms with Gasteiger partial charge in [-0.15, -0.1) is 11.3 Å². The molecule has 60 valence electrons. The van der Waals surface area contributed by atoms with Gasteiger partial charge in [0.15, 0.2) is 0 Å². The molecule has 12 heavy (non-hydrogen) atoms. The zero-order chi connectivity index (χ0) is 8.39. The average Bonchev–Trinajstić information content (AvgIpc) is 2.54. The SMILES string of the molecule is Cc1csc(-c2ccccc2)c1. The summed E-state index contributed by atoms with van der Waals surface area (Å²) in [5.74, 6) is 0. The Hall–Kier alpha value is -1.08. The van der Waals surface area contributed by atoms with Crippen LogP contribution in [0.1, 0.15) is 5.56 Å². The Bertz CT molecular complexity index is 360. The predicted octanol–water partition coefficient (Wildman–Crippen LogP) is 3.72. The molecule has 2 rings (SSSR count). The van der Waals surface area contributed by atoms with Crippen LogP contribution in [0.4, 0.5) is 0 Å². The van der Waals surface area contributed by atoms with E-state index < -0.39 is 0 Å². The summed E-state index contributed by atoms with van der Waals surface area (Å²) in [4.78, 5) is 1.35. The molecule has 0 amide bonds. The van der Waals surface area contributed by atoms with E-state index in [4.69, 9.17) is 0 Å². The third-order valence-electron chi connectivity index (χ3n) is 1.79. The highest BCUT2D eigenvalue weighted by Crippen LogP contribution is 2.26. The smallest absolute Gasteiger partial charge is 0.0345 e. The lowest BCUT2D eigenvalue weighted by Gasteiger charge is -1.93. The number of rotatable bonds is 1. The van der Waals surface area contributed by atoms with Crippen LogP contribution in [0.15, 0.2) is 41.8 Å². The number of hydrogen-bond donors (Lipinski definition) is 0. The van der Waals surface area contributed by atoms with Crippen molar-refractivity contribution in [2.75, 3.05) is 0 Å². The Morgan fingerprint density at radius 1 is 1.08 bits per heavy atom. The van der Waals surface area contributed by atoms with E-state index in [1.807, 2.05) is 6.07 Å². The van der Waals surface area contributed by atoms with E-state index in [1.165, 1.54) is 16.0 Å². The van der Waals surface area contributed by atoms with Crippen LogP contribution >= 0.6 is 11.3 Å². The Labute approximate surface area is 76.5 Å². The fourth-order valence-corrected chi connectivity index (χ4v) is 2.09. The number of thiophene rings is 1. The quantitative estimate of drug-likeness (QED) is 0.618. The van der Waals surface area contributed by atoms with Crippen molar-refractivity contribution < 1.29 is 0 Å². The van der Waals surface area contributed by atoms with Crippen LogP contribution in [0.2, 0.25) is 0 Å². The molecule has 0 fully saturated rings. The highest BCUT2D eigenvalue weighted by molar-refractivity contribution is 7.13. The summed E-state index contributed by atoms with van der Waals surface area (Å²) in [5.41, 5.74) is 2.66. The summed E-state index contributed by atoms with van der Waals surface area (Å²) in [5, 5.41) is 2.18. The normalized spacial score (nSPS) is 10.1. The molecule has 1 heteroatoms. The fourth-order valence-electron chi connectivity index (χ4n) is 1.19. The van der Waals surface area contributed by atoms with Crippen molar-refractivity contribution in [2.24, 2.45) is 0 Å². The summed E-state index contributed by atoms with van der Waals surface area (Å²) in [6.45, 7) is 2.13. The van der Waals surface area contributed by atoms with E-state index in [1.54, 1.807) is 11.3 Å². The summed E-state index contributed by atoms with van der Waals surface area (Å²) in [6.07, 6.45) is 0. The minimum Gasteiger partial charge on any atom is -0.144 e. The van der Waals surface area contributed by atoms with Gasteiger partial charge in [-0.1, -0.05) is 30.3 Å². The van der Waals surface area contributed by atoms with Gasteiger partial charge in [0.25, 0.3) is 0 Å². The lowest BCUT2D eigenvalue weighted by atomic mass is 10.2. The molecule has 0 bridgehead atoms. The molecule has 1 heterocycles.